The molecule has 0 aliphatic carbocycles. The summed E-state index contributed by atoms with van der Waals surface area (Å²) in [6.07, 6.45) is 0. The molecular formula is C12H7BrClFN2O2. The smallest absolute Gasteiger partial charge is 0.339 e. The second-order valence-electron chi connectivity index (χ2n) is 3.59. The highest BCUT2D eigenvalue weighted by Gasteiger charge is 2.12. The van der Waals surface area contributed by atoms with E-state index in [1.54, 1.807) is 6.07 Å². The molecule has 0 radical (unpaired) electrons. The van der Waals surface area contributed by atoms with Crippen LogP contribution in [0.3, 0.4) is 0 Å². The largest absolute Gasteiger partial charge is 0.478 e. The van der Waals surface area contributed by atoms with Gasteiger partial charge in [0.2, 0.25) is 0 Å². The Morgan fingerprint density at radius 2 is 2.11 bits per heavy atom. The van der Waals surface area contributed by atoms with Crippen molar-refractivity contribution in [3.05, 3.63) is 51.3 Å². The number of aromatic nitrogens is 1. The van der Waals surface area contributed by atoms with Gasteiger partial charge in [-0.2, -0.15) is 0 Å². The molecule has 0 unspecified atom stereocenters. The van der Waals surface area contributed by atoms with Crippen molar-refractivity contribution in [3.8, 4) is 0 Å². The Hall–Kier alpha value is -1.66. The number of nitrogens with zero attached hydrogens (tertiary/aromatic N) is 1. The lowest BCUT2D eigenvalue weighted by atomic mass is 10.2. The molecule has 1 heterocycles. The van der Waals surface area contributed by atoms with Crippen LogP contribution in [-0.4, -0.2) is 16.1 Å². The van der Waals surface area contributed by atoms with Crippen LogP contribution in [0.4, 0.5) is 15.9 Å². The van der Waals surface area contributed by atoms with Crippen LogP contribution in [0.25, 0.3) is 0 Å². The molecule has 1 aromatic carbocycles. The molecule has 19 heavy (non-hydrogen) atoms. The molecule has 2 rings (SSSR count). The van der Waals surface area contributed by atoms with Crippen LogP contribution in [-0.2, 0) is 0 Å². The maximum atomic E-state index is 13.4. The van der Waals surface area contributed by atoms with Gasteiger partial charge < -0.3 is 10.4 Å². The average Bonchev–Trinajstić information content (AvgIpc) is 2.33. The minimum atomic E-state index is -1.15. The molecule has 0 spiro atoms. The Balaban J connectivity index is 2.39. The van der Waals surface area contributed by atoms with E-state index < -0.39 is 11.8 Å². The number of carbonyl (C=O) groups is 1. The summed E-state index contributed by atoms with van der Waals surface area (Å²) in [4.78, 5) is 14.9. The number of carboxylic acids is 1. The maximum absolute atomic E-state index is 13.4. The molecule has 0 aliphatic heterocycles. The van der Waals surface area contributed by atoms with E-state index in [1.165, 1.54) is 24.3 Å². The summed E-state index contributed by atoms with van der Waals surface area (Å²) in [5.74, 6) is -1.56. The van der Waals surface area contributed by atoms with E-state index in [9.17, 15) is 9.18 Å². The first kappa shape index (κ1) is 13.8. The summed E-state index contributed by atoms with van der Waals surface area (Å²) in [7, 11) is 0. The van der Waals surface area contributed by atoms with Gasteiger partial charge in [-0.25, -0.2) is 14.2 Å². The number of benzene rings is 1. The summed E-state index contributed by atoms with van der Waals surface area (Å²) in [6.45, 7) is 0. The molecule has 98 valence electrons. The molecule has 0 amide bonds. The monoisotopic (exact) mass is 344 g/mol. The molecule has 0 fully saturated rings. The second-order valence-corrected chi connectivity index (χ2v) is 4.83. The zero-order chi connectivity index (χ0) is 14.0. The van der Waals surface area contributed by atoms with Gasteiger partial charge in [0.25, 0.3) is 0 Å². The maximum Gasteiger partial charge on any atom is 0.339 e. The fraction of sp³-hybridized carbons (Fsp3) is 0. The third-order valence-corrected chi connectivity index (χ3v) is 3.13. The van der Waals surface area contributed by atoms with E-state index in [1.807, 2.05) is 0 Å². The third-order valence-electron chi connectivity index (χ3n) is 2.27. The average molecular weight is 346 g/mol. The van der Waals surface area contributed by atoms with Crippen molar-refractivity contribution in [2.45, 2.75) is 0 Å². The molecular weight excluding hydrogens is 338 g/mol. The Labute approximate surface area is 121 Å². The Bertz CT molecular complexity index is 652. The van der Waals surface area contributed by atoms with Crippen LogP contribution < -0.4 is 5.32 Å². The van der Waals surface area contributed by atoms with Crippen molar-refractivity contribution >= 4 is 45.0 Å². The molecule has 7 heteroatoms. The molecule has 0 saturated carbocycles. The van der Waals surface area contributed by atoms with Gasteiger partial charge in [0.15, 0.2) is 0 Å². The predicted octanol–water partition coefficient (Wildman–Crippen LogP) is 4.08. The molecule has 0 aliphatic rings. The summed E-state index contributed by atoms with van der Waals surface area (Å²) < 4.78 is 13.7. The van der Waals surface area contributed by atoms with Crippen molar-refractivity contribution < 1.29 is 14.3 Å². The van der Waals surface area contributed by atoms with E-state index in [4.69, 9.17) is 16.7 Å². The third kappa shape index (κ3) is 3.21. The SMILES string of the molecule is O=C(O)c1ccc(Cl)nc1Nc1ccc(Br)c(F)c1. The summed E-state index contributed by atoms with van der Waals surface area (Å²) >= 11 is 8.75. The van der Waals surface area contributed by atoms with Crippen LogP contribution in [0.1, 0.15) is 10.4 Å². The van der Waals surface area contributed by atoms with Crippen LogP contribution in [0.5, 0.6) is 0 Å². The van der Waals surface area contributed by atoms with Crippen molar-refractivity contribution in [1.82, 2.24) is 4.98 Å². The van der Waals surface area contributed by atoms with Crippen molar-refractivity contribution in [1.29, 1.82) is 0 Å². The number of rotatable bonds is 3. The van der Waals surface area contributed by atoms with E-state index in [0.717, 1.165) is 0 Å². The second kappa shape index (κ2) is 5.54. The number of pyridine rings is 1. The minimum absolute atomic E-state index is 0.0484. The number of hydrogen-bond acceptors (Lipinski definition) is 3. The van der Waals surface area contributed by atoms with Crippen molar-refractivity contribution in [2.75, 3.05) is 5.32 Å². The van der Waals surface area contributed by atoms with Gasteiger partial charge in [-0.1, -0.05) is 11.6 Å². The first-order valence-corrected chi connectivity index (χ1v) is 6.26. The van der Waals surface area contributed by atoms with E-state index in [-0.39, 0.29) is 16.5 Å². The topological polar surface area (TPSA) is 62.2 Å². The number of halogens is 3. The highest BCUT2D eigenvalue weighted by molar-refractivity contribution is 9.10. The molecule has 2 aromatic rings. The number of hydrogen-bond donors (Lipinski definition) is 2. The highest BCUT2D eigenvalue weighted by atomic mass is 79.9. The normalized spacial score (nSPS) is 10.3. The van der Waals surface area contributed by atoms with Gasteiger partial charge in [-0.15, -0.1) is 0 Å². The van der Waals surface area contributed by atoms with Gasteiger partial charge in [0, 0.05) is 5.69 Å². The lowest BCUT2D eigenvalue weighted by Gasteiger charge is -2.09. The molecule has 0 saturated heterocycles. The first-order chi connectivity index (χ1) is 8.97. The molecule has 1 aromatic heterocycles. The summed E-state index contributed by atoms with van der Waals surface area (Å²) in [5, 5.41) is 11.9. The van der Waals surface area contributed by atoms with E-state index in [0.29, 0.717) is 10.2 Å². The predicted molar refractivity (Wildman–Crippen MR) is 73.6 cm³/mol. The zero-order valence-electron chi connectivity index (χ0n) is 9.32. The van der Waals surface area contributed by atoms with E-state index in [2.05, 4.69) is 26.2 Å². The minimum Gasteiger partial charge on any atom is -0.478 e. The fourth-order valence-corrected chi connectivity index (χ4v) is 1.81. The number of carboxylic acid groups (broad SMARTS) is 1. The van der Waals surface area contributed by atoms with Crippen LogP contribution in [0.2, 0.25) is 5.15 Å². The first-order valence-electron chi connectivity index (χ1n) is 5.09. The van der Waals surface area contributed by atoms with E-state index >= 15 is 0 Å². The van der Waals surface area contributed by atoms with Gasteiger partial charge in [-0.3, -0.25) is 0 Å². The van der Waals surface area contributed by atoms with Crippen molar-refractivity contribution in [3.63, 3.8) is 0 Å². The number of nitrogens with one attached hydrogen (secondary N) is 1. The zero-order valence-corrected chi connectivity index (χ0v) is 11.7. The van der Waals surface area contributed by atoms with Gasteiger partial charge in [-0.05, 0) is 46.3 Å². The van der Waals surface area contributed by atoms with Gasteiger partial charge in [0.05, 0.1) is 4.47 Å². The van der Waals surface area contributed by atoms with Crippen LogP contribution >= 0.6 is 27.5 Å². The molecule has 4 nitrogen and oxygen atoms in total. The van der Waals surface area contributed by atoms with Gasteiger partial charge >= 0.3 is 5.97 Å². The lowest BCUT2D eigenvalue weighted by Crippen LogP contribution is -2.05. The van der Waals surface area contributed by atoms with Crippen LogP contribution in [0.15, 0.2) is 34.8 Å². The quantitative estimate of drug-likeness (QED) is 0.823. The van der Waals surface area contributed by atoms with Crippen LogP contribution in [0, 0.1) is 5.82 Å². The standard InChI is InChI=1S/C12H7BrClFN2O2/c13-8-3-1-6(5-9(8)15)16-11-7(12(18)19)2-4-10(14)17-11/h1-5H,(H,16,17)(H,18,19). The molecule has 0 atom stereocenters. The number of aromatic carboxylic acids is 1. The van der Waals surface area contributed by atoms with Crippen molar-refractivity contribution in [2.24, 2.45) is 0 Å². The summed E-state index contributed by atoms with van der Waals surface area (Å²) in [6, 6.07) is 7.01. The Morgan fingerprint density at radius 1 is 1.37 bits per heavy atom. The Morgan fingerprint density at radius 3 is 2.74 bits per heavy atom. The Kier molecular flexibility index (Phi) is 4.01. The lowest BCUT2D eigenvalue weighted by molar-refractivity contribution is 0.0697. The fourth-order valence-electron chi connectivity index (χ4n) is 1.41. The highest BCUT2D eigenvalue weighted by Crippen LogP contribution is 2.24. The number of anilines is 2. The summed E-state index contributed by atoms with van der Waals surface area (Å²) in [5.41, 5.74) is 0.325. The van der Waals surface area contributed by atoms with Gasteiger partial charge in [0.1, 0.15) is 22.4 Å². The molecule has 2 N–H and O–H groups in total. The molecule has 0 bridgehead atoms.